The second-order valence-corrected chi connectivity index (χ2v) is 6.70. The Morgan fingerprint density at radius 3 is 2.68 bits per heavy atom. The SMILES string of the molecule is CCCNc1ccc(S(=O)(=O)NCCC2CC2)cn1. The molecule has 0 atom stereocenters. The number of aromatic nitrogens is 1. The van der Waals surface area contributed by atoms with E-state index in [0.29, 0.717) is 12.4 Å². The highest BCUT2D eigenvalue weighted by Crippen LogP contribution is 2.31. The van der Waals surface area contributed by atoms with Gasteiger partial charge in [0, 0.05) is 19.3 Å². The molecular weight excluding hydrogens is 262 g/mol. The second-order valence-electron chi connectivity index (χ2n) is 4.94. The quantitative estimate of drug-likeness (QED) is 0.765. The Labute approximate surface area is 114 Å². The Bertz CT molecular complexity index is 495. The Kier molecular flexibility index (Phi) is 4.76. The molecule has 2 rings (SSSR count). The molecule has 1 heterocycles. The highest BCUT2D eigenvalue weighted by Gasteiger charge is 2.22. The van der Waals surface area contributed by atoms with Crippen LogP contribution < -0.4 is 10.0 Å². The van der Waals surface area contributed by atoms with Crippen molar-refractivity contribution in [3.63, 3.8) is 0 Å². The van der Waals surface area contributed by atoms with E-state index < -0.39 is 10.0 Å². The lowest BCUT2D eigenvalue weighted by molar-refractivity contribution is 0.575. The number of pyridine rings is 1. The third kappa shape index (κ3) is 4.47. The maximum absolute atomic E-state index is 12.0. The van der Waals surface area contributed by atoms with Crippen LogP contribution in [0.5, 0.6) is 0 Å². The smallest absolute Gasteiger partial charge is 0.242 e. The summed E-state index contributed by atoms with van der Waals surface area (Å²) in [6, 6.07) is 3.29. The molecule has 1 aliphatic rings. The van der Waals surface area contributed by atoms with Crippen molar-refractivity contribution in [1.29, 1.82) is 0 Å². The van der Waals surface area contributed by atoms with Crippen LogP contribution in [-0.4, -0.2) is 26.5 Å². The van der Waals surface area contributed by atoms with Crippen LogP contribution in [0.25, 0.3) is 0 Å². The van der Waals surface area contributed by atoms with Crippen molar-refractivity contribution >= 4 is 15.8 Å². The fourth-order valence-electron chi connectivity index (χ4n) is 1.78. The highest BCUT2D eigenvalue weighted by atomic mass is 32.2. The van der Waals surface area contributed by atoms with E-state index in [4.69, 9.17) is 0 Å². The molecule has 1 aromatic heterocycles. The molecule has 0 radical (unpaired) electrons. The van der Waals surface area contributed by atoms with Gasteiger partial charge in [0.05, 0.1) is 0 Å². The summed E-state index contributed by atoms with van der Waals surface area (Å²) >= 11 is 0. The van der Waals surface area contributed by atoms with Gasteiger partial charge in [-0.3, -0.25) is 0 Å². The molecule has 0 aromatic carbocycles. The average Bonchev–Trinajstić information content (AvgIpc) is 3.21. The number of nitrogens with one attached hydrogen (secondary N) is 2. The van der Waals surface area contributed by atoms with Gasteiger partial charge in [-0.25, -0.2) is 18.1 Å². The Balaban J connectivity index is 1.90. The topological polar surface area (TPSA) is 71.1 Å². The monoisotopic (exact) mass is 283 g/mol. The zero-order valence-corrected chi connectivity index (χ0v) is 12.0. The predicted octanol–water partition coefficient (Wildman–Crippen LogP) is 1.98. The molecule has 19 heavy (non-hydrogen) atoms. The van der Waals surface area contributed by atoms with Crippen molar-refractivity contribution in [2.75, 3.05) is 18.4 Å². The average molecular weight is 283 g/mol. The van der Waals surface area contributed by atoms with Gasteiger partial charge in [-0.15, -0.1) is 0 Å². The molecule has 5 nitrogen and oxygen atoms in total. The van der Waals surface area contributed by atoms with Gasteiger partial charge in [-0.05, 0) is 30.9 Å². The summed E-state index contributed by atoms with van der Waals surface area (Å²) < 4.78 is 26.6. The van der Waals surface area contributed by atoms with E-state index in [9.17, 15) is 8.42 Å². The molecule has 0 bridgehead atoms. The fraction of sp³-hybridized carbons (Fsp3) is 0.615. The standard InChI is InChI=1S/C13H21N3O2S/c1-2-8-14-13-6-5-12(10-15-13)19(17,18)16-9-7-11-3-4-11/h5-6,10-11,16H,2-4,7-9H2,1H3,(H,14,15). The molecule has 1 saturated carbocycles. The van der Waals surface area contributed by atoms with Crippen molar-refractivity contribution < 1.29 is 8.42 Å². The first kappa shape index (κ1) is 14.3. The summed E-state index contributed by atoms with van der Waals surface area (Å²) in [5.41, 5.74) is 0. The Hall–Kier alpha value is -1.14. The minimum atomic E-state index is -3.41. The number of anilines is 1. The first-order chi connectivity index (χ1) is 9.12. The molecule has 1 aliphatic carbocycles. The van der Waals surface area contributed by atoms with Gasteiger partial charge >= 0.3 is 0 Å². The maximum Gasteiger partial charge on any atom is 0.242 e. The van der Waals surface area contributed by atoms with E-state index in [1.807, 2.05) is 0 Å². The van der Waals surface area contributed by atoms with E-state index in [-0.39, 0.29) is 4.90 Å². The summed E-state index contributed by atoms with van der Waals surface area (Å²) in [6.07, 6.45) is 5.81. The van der Waals surface area contributed by atoms with Gasteiger partial charge in [0.1, 0.15) is 10.7 Å². The molecular formula is C13H21N3O2S. The number of nitrogens with zero attached hydrogens (tertiary/aromatic N) is 1. The maximum atomic E-state index is 12.0. The number of sulfonamides is 1. The van der Waals surface area contributed by atoms with E-state index in [2.05, 4.69) is 21.9 Å². The fourth-order valence-corrected chi connectivity index (χ4v) is 2.78. The van der Waals surface area contributed by atoms with Crippen LogP contribution in [0.4, 0.5) is 5.82 Å². The zero-order valence-electron chi connectivity index (χ0n) is 11.2. The van der Waals surface area contributed by atoms with Gasteiger partial charge in [-0.1, -0.05) is 19.8 Å². The lowest BCUT2D eigenvalue weighted by Crippen LogP contribution is -2.25. The molecule has 1 fully saturated rings. The van der Waals surface area contributed by atoms with Gasteiger partial charge in [-0.2, -0.15) is 0 Å². The van der Waals surface area contributed by atoms with E-state index in [1.165, 1.54) is 19.0 Å². The van der Waals surface area contributed by atoms with Crippen LogP contribution in [0.15, 0.2) is 23.2 Å². The third-order valence-corrected chi connectivity index (χ3v) is 4.59. The normalized spacial score (nSPS) is 15.4. The third-order valence-electron chi connectivity index (χ3n) is 3.14. The summed E-state index contributed by atoms with van der Waals surface area (Å²) in [5.74, 6) is 1.43. The highest BCUT2D eigenvalue weighted by molar-refractivity contribution is 7.89. The van der Waals surface area contributed by atoms with Gasteiger partial charge in [0.15, 0.2) is 0 Å². The van der Waals surface area contributed by atoms with Crippen LogP contribution in [0.2, 0.25) is 0 Å². The van der Waals surface area contributed by atoms with Crippen LogP contribution in [0, 0.1) is 5.92 Å². The number of rotatable bonds is 8. The molecule has 0 aliphatic heterocycles. The zero-order chi connectivity index (χ0) is 13.7. The molecule has 0 saturated heterocycles. The van der Waals surface area contributed by atoms with Gasteiger partial charge < -0.3 is 5.32 Å². The molecule has 0 amide bonds. The van der Waals surface area contributed by atoms with Crippen molar-refractivity contribution in [3.05, 3.63) is 18.3 Å². The van der Waals surface area contributed by atoms with E-state index in [1.54, 1.807) is 12.1 Å². The second kappa shape index (κ2) is 6.34. The van der Waals surface area contributed by atoms with E-state index in [0.717, 1.165) is 25.3 Å². The molecule has 0 spiro atoms. The Morgan fingerprint density at radius 1 is 1.32 bits per heavy atom. The van der Waals surface area contributed by atoms with Gasteiger partial charge in [0.2, 0.25) is 10.0 Å². The molecule has 2 N–H and O–H groups in total. The first-order valence-corrected chi connectivity index (χ1v) is 8.29. The number of hydrogen-bond acceptors (Lipinski definition) is 4. The lowest BCUT2D eigenvalue weighted by atomic mass is 10.3. The summed E-state index contributed by atoms with van der Waals surface area (Å²) in [6.45, 7) is 3.41. The van der Waals surface area contributed by atoms with Crippen LogP contribution in [0.3, 0.4) is 0 Å². The van der Waals surface area contributed by atoms with Crippen molar-refractivity contribution in [1.82, 2.24) is 9.71 Å². The van der Waals surface area contributed by atoms with Gasteiger partial charge in [0.25, 0.3) is 0 Å². The minimum absolute atomic E-state index is 0.227. The summed E-state index contributed by atoms with van der Waals surface area (Å²) in [5, 5.41) is 3.11. The predicted molar refractivity (Wildman–Crippen MR) is 75.5 cm³/mol. The summed E-state index contributed by atoms with van der Waals surface area (Å²) in [7, 11) is -3.41. The Morgan fingerprint density at radius 2 is 2.11 bits per heavy atom. The van der Waals surface area contributed by atoms with Crippen LogP contribution in [-0.2, 0) is 10.0 Å². The number of hydrogen-bond donors (Lipinski definition) is 2. The molecule has 106 valence electrons. The first-order valence-electron chi connectivity index (χ1n) is 6.81. The lowest BCUT2D eigenvalue weighted by Gasteiger charge is -2.07. The van der Waals surface area contributed by atoms with Crippen molar-refractivity contribution in [2.45, 2.75) is 37.5 Å². The molecule has 1 aromatic rings. The summed E-state index contributed by atoms with van der Waals surface area (Å²) in [4.78, 5) is 4.33. The largest absolute Gasteiger partial charge is 0.370 e. The van der Waals surface area contributed by atoms with Crippen LogP contribution >= 0.6 is 0 Å². The molecule has 6 heteroatoms. The molecule has 0 unspecified atom stereocenters. The van der Waals surface area contributed by atoms with Crippen molar-refractivity contribution in [3.8, 4) is 0 Å². The van der Waals surface area contributed by atoms with Crippen LogP contribution in [0.1, 0.15) is 32.6 Å². The van der Waals surface area contributed by atoms with E-state index >= 15 is 0 Å². The van der Waals surface area contributed by atoms with Crippen molar-refractivity contribution in [2.24, 2.45) is 5.92 Å². The minimum Gasteiger partial charge on any atom is -0.370 e.